The van der Waals surface area contributed by atoms with Crippen molar-refractivity contribution in [2.45, 2.75) is 19.4 Å². The molecule has 86 valence electrons. The number of aryl methyl sites for hydroxylation is 2. The molecule has 2 nitrogen and oxygen atoms in total. The summed E-state index contributed by atoms with van der Waals surface area (Å²) in [6, 6.07) is 6.71. The second-order valence-corrected chi connectivity index (χ2v) is 3.58. The summed E-state index contributed by atoms with van der Waals surface area (Å²) in [6.45, 7) is 0.987. The third-order valence-corrected chi connectivity index (χ3v) is 2.40. The van der Waals surface area contributed by atoms with Crippen molar-refractivity contribution in [3.63, 3.8) is 0 Å². The number of aromatic nitrogens is 2. The lowest BCUT2D eigenvalue weighted by Gasteiger charge is -1.99. The first kappa shape index (κ1) is 12.9. The van der Waals surface area contributed by atoms with Crippen LogP contribution in [0.3, 0.4) is 0 Å². The molecular weight excluding hydrogens is 271 g/mol. The maximum absolute atomic E-state index is 12.6. The van der Waals surface area contributed by atoms with E-state index in [1.165, 1.54) is 17.7 Å². The summed E-state index contributed by atoms with van der Waals surface area (Å²) in [7, 11) is 0. The van der Waals surface area contributed by atoms with E-state index in [1.807, 2.05) is 30.9 Å². The van der Waals surface area contributed by atoms with Gasteiger partial charge in [-0.15, -0.1) is 0 Å². The van der Waals surface area contributed by atoms with E-state index in [0.29, 0.717) is 0 Å². The topological polar surface area (TPSA) is 19.7 Å². The van der Waals surface area contributed by atoms with E-state index in [-0.39, 0.29) is 22.8 Å². The van der Waals surface area contributed by atoms with Crippen LogP contribution < -0.4 is 21.5 Å². The summed E-state index contributed by atoms with van der Waals surface area (Å²) >= 11 is 0. The molecule has 16 heavy (non-hydrogen) atoms. The van der Waals surface area contributed by atoms with E-state index in [2.05, 4.69) is 9.55 Å². The highest BCUT2D eigenvalue weighted by Crippen LogP contribution is 2.05. The smallest absolute Gasteiger partial charge is 0.241 e. The fourth-order valence-electron chi connectivity index (χ4n) is 1.58. The number of H-pyrrole nitrogens is 1. The summed E-state index contributed by atoms with van der Waals surface area (Å²) in [4.78, 5) is 3.00. The molecule has 0 aliphatic rings. The summed E-state index contributed by atoms with van der Waals surface area (Å²) < 4.78 is 14.7. The summed E-state index contributed by atoms with van der Waals surface area (Å²) in [6.07, 6.45) is 7.89. The number of aromatic amines is 1. The molecule has 0 aliphatic carbocycles. The van der Waals surface area contributed by atoms with Gasteiger partial charge in [0.2, 0.25) is 6.33 Å². The van der Waals surface area contributed by atoms with Gasteiger partial charge in [-0.3, -0.25) is 4.98 Å². The van der Waals surface area contributed by atoms with E-state index in [9.17, 15) is 4.39 Å². The molecule has 0 unspecified atom stereocenters. The first-order chi connectivity index (χ1) is 7.34. The zero-order valence-electron chi connectivity index (χ0n) is 8.87. The molecule has 1 N–H and O–H groups in total. The van der Waals surface area contributed by atoms with Gasteiger partial charge in [-0.2, -0.15) is 0 Å². The molecule has 1 aromatic carbocycles. The normalized spacial score (nSPS) is 9.81. The highest BCUT2D eigenvalue weighted by atomic mass is 79.9. The Bertz CT molecular complexity index is 397. The van der Waals surface area contributed by atoms with Gasteiger partial charge in [0.15, 0.2) is 0 Å². The lowest BCUT2D eigenvalue weighted by molar-refractivity contribution is -0.696. The first-order valence-corrected chi connectivity index (χ1v) is 5.11. The van der Waals surface area contributed by atoms with Crippen molar-refractivity contribution < 1.29 is 25.9 Å². The van der Waals surface area contributed by atoms with Gasteiger partial charge in [0, 0.05) is 0 Å². The van der Waals surface area contributed by atoms with Crippen molar-refractivity contribution in [1.82, 2.24) is 4.98 Å². The Morgan fingerprint density at radius 1 is 1.19 bits per heavy atom. The van der Waals surface area contributed by atoms with E-state index in [4.69, 9.17) is 0 Å². The SMILES string of the molecule is Fc1ccc(CCC[n+]2cc[nH]c2)cc1.[Br-]. The minimum Gasteiger partial charge on any atom is -1.00 e. The number of hydrogen-bond acceptors (Lipinski definition) is 0. The van der Waals surface area contributed by atoms with Gasteiger partial charge in [-0.05, 0) is 30.5 Å². The minimum atomic E-state index is -0.168. The number of hydrogen-bond donors (Lipinski definition) is 1. The fraction of sp³-hybridized carbons (Fsp3) is 0.250. The standard InChI is InChI=1S/C12H13FN2.BrH/c13-12-5-3-11(4-6-12)2-1-8-15-9-7-14-10-15;/h3-7,9-10H,1-2,8H2;1H. The van der Waals surface area contributed by atoms with Crippen molar-refractivity contribution in [3.8, 4) is 0 Å². The summed E-state index contributed by atoms with van der Waals surface area (Å²) in [5.41, 5.74) is 1.19. The largest absolute Gasteiger partial charge is 1.00 e. The van der Waals surface area contributed by atoms with Crippen LogP contribution in [0.2, 0.25) is 0 Å². The molecule has 0 atom stereocenters. The lowest BCUT2D eigenvalue weighted by Crippen LogP contribution is -3.00. The predicted molar refractivity (Wildman–Crippen MR) is 55.7 cm³/mol. The molecule has 1 heterocycles. The Balaban J connectivity index is 0.00000128. The van der Waals surface area contributed by atoms with Crippen LogP contribution in [0, 0.1) is 5.82 Å². The third kappa shape index (κ3) is 3.77. The van der Waals surface area contributed by atoms with Crippen molar-refractivity contribution in [2.24, 2.45) is 0 Å². The second kappa shape index (κ2) is 6.43. The molecule has 0 saturated carbocycles. The van der Waals surface area contributed by atoms with Gasteiger partial charge < -0.3 is 17.0 Å². The van der Waals surface area contributed by atoms with Crippen LogP contribution in [0.5, 0.6) is 0 Å². The van der Waals surface area contributed by atoms with E-state index in [1.54, 1.807) is 0 Å². The fourth-order valence-corrected chi connectivity index (χ4v) is 1.58. The van der Waals surface area contributed by atoms with Gasteiger partial charge in [0.25, 0.3) is 0 Å². The van der Waals surface area contributed by atoms with Crippen molar-refractivity contribution in [3.05, 3.63) is 54.4 Å². The van der Waals surface area contributed by atoms with E-state index < -0.39 is 0 Å². The molecule has 2 rings (SSSR count). The number of rotatable bonds is 4. The van der Waals surface area contributed by atoms with Gasteiger partial charge in [0.05, 0.1) is 6.54 Å². The zero-order chi connectivity index (χ0) is 10.5. The third-order valence-electron chi connectivity index (χ3n) is 2.40. The number of nitrogens with one attached hydrogen (secondary N) is 1. The van der Waals surface area contributed by atoms with Crippen LogP contribution in [0.4, 0.5) is 4.39 Å². The molecule has 0 aliphatic heterocycles. The zero-order valence-corrected chi connectivity index (χ0v) is 10.5. The lowest BCUT2D eigenvalue weighted by atomic mass is 10.1. The average Bonchev–Trinajstić information content (AvgIpc) is 2.74. The minimum absolute atomic E-state index is 0. The molecule has 0 amide bonds. The number of imidazole rings is 1. The van der Waals surface area contributed by atoms with Crippen LogP contribution in [-0.4, -0.2) is 4.98 Å². The second-order valence-electron chi connectivity index (χ2n) is 3.58. The maximum atomic E-state index is 12.6. The Morgan fingerprint density at radius 3 is 2.56 bits per heavy atom. The van der Waals surface area contributed by atoms with Crippen LogP contribution >= 0.6 is 0 Å². The van der Waals surface area contributed by atoms with Crippen LogP contribution in [0.15, 0.2) is 43.0 Å². The Morgan fingerprint density at radius 2 is 1.94 bits per heavy atom. The quantitative estimate of drug-likeness (QED) is 0.701. The van der Waals surface area contributed by atoms with E-state index in [0.717, 1.165) is 19.4 Å². The molecule has 0 radical (unpaired) electrons. The highest BCUT2D eigenvalue weighted by Gasteiger charge is 1.98. The first-order valence-electron chi connectivity index (χ1n) is 5.11. The Kier molecular flexibility index (Phi) is 5.19. The molecule has 0 fully saturated rings. The Labute approximate surface area is 105 Å². The van der Waals surface area contributed by atoms with Gasteiger partial charge in [-0.25, -0.2) is 8.96 Å². The molecule has 0 spiro atoms. The van der Waals surface area contributed by atoms with Crippen LogP contribution in [-0.2, 0) is 13.0 Å². The summed E-state index contributed by atoms with van der Waals surface area (Å²) in [5.74, 6) is -0.168. The average molecular weight is 285 g/mol. The predicted octanol–water partition coefficient (Wildman–Crippen LogP) is -0.922. The molecule has 2 aromatic rings. The Hall–Kier alpha value is -1.16. The van der Waals surface area contributed by atoms with Crippen molar-refractivity contribution in [1.29, 1.82) is 0 Å². The van der Waals surface area contributed by atoms with Crippen LogP contribution in [0.25, 0.3) is 0 Å². The van der Waals surface area contributed by atoms with Crippen molar-refractivity contribution in [2.75, 3.05) is 0 Å². The van der Waals surface area contributed by atoms with Crippen molar-refractivity contribution >= 4 is 0 Å². The molecule has 4 heteroatoms. The van der Waals surface area contributed by atoms with Gasteiger partial charge in [-0.1, -0.05) is 12.1 Å². The van der Waals surface area contributed by atoms with E-state index >= 15 is 0 Å². The molecular formula is C12H14BrFN2. The summed E-state index contributed by atoms with van der Waals surface area (Å²) in [5, 5.41) is 0. The monoisotopic (exact) mass is 284 g/mol. The highest BCUT2D eigenvalue weighted by molar-refractivity contribution is 5.15. The van der Waals surface area contributed by atoms with Gasteiger partial charge >= 0.3 is 0 Å². The number of nitrogens with zero attached hydrogens (tertiary/aromatic N) is 1. The van der Waals surface area contributed by atoms with Gasteiger partial charge in [0.1, 0.15) is 18.2 Å². The number of benzene rings is 1. The molecule has 1 aromatic heterocycles. The molecule has 0 saturated heterocycles. The number of halogens is 2. The maximum Gasteiger partial charge on any atom is 0.241 e. The molecule has 0 bridgehead atoms. The van der Waals surface area contributed by atoms with Crippen LogP contribution in [0.1, 0.15) is 12.0 Å².